The molecule has 4 aromatic rings. The van der Waals surface area contributed by atoms with Crippen molar-refractivity contribution in [3.8, 4) is 11.1 Å². The molecule has 0 radical (unpaired) electrons. The molecule has 9 heteroatoms. The molecule has 0 saturated carbocycles. The van der Waals surface area contributed by atoms with E-state index in [1.54, 1.807) is 6.07 Å². The maximum Gasteiger partial charge on any atom is 0.323 e. The molecule has 0 saturated heterocycles. The number of carbonyl (C=O) groups is 1. The number of fused-ring (bicyclic) bond motifs is 3. The fraction of sp³-hybridized carbons (Fsp3) is 0.0741. The third kappa shape index (κ3) is 4.29. The Hall–Kier alpha value is -3.55. The Labute approximate surface area is 213 Å². The molecule has 5 rings (SSSR count). The highest BCUT2D eigenvalue weighted by Gasteiger charge is 2.25. The Balaban J connectivity index is 1.54. The van der Waals surface area contributed by atoms with Gasteiger partial charge in [-0.25, -0.2) is 22.4 Å². The molecule has 0 aromatic heterocycles. The molecule has 1 aliphatic rings. The summed E-state index contributed by atoms with van der Waals surface area (Å²) in [5, 5.41) is 3.65. The Morgan fingerprint density at radius 3 is 2.31 bits per heavy atom. The summed E-state index contributed by atoms with van der Waals surface area (Å²) in [6.45, 7) is 0. The molecule has 2 amide bonds. The second kappa shape index (κ2) is 9.48. The lowest BCUT2D eigenvalue weighted by molar-refractivity contribution is 0.262. The van der Waals surface area contributed by atoms with E-state index in [9.17, 15) is 22.4 Å². The van der Waals surface area contributed by atoms with Crippen LogP contribution in [0.15, 0.2) is 60.7 Å². The van der Waals surface area contributed by atoms with Crippen LogP contribution in [0.1, 0.15) is 22.3 Å². The van der Waals surface area contributed by atoms with Gasteiger partial charge in [0.2, 0.25) is 0 Å². The Kier molecular flexibility index (Phi) is 6.36. The molecule has 1 aliphatic carbocycles. The van der Waals surface area contributed by atoms with Crippen molar-refractivity contribution in [3.63, 3.8) is 0 Å². The first-order chi connectivity index (χ1) is 17.2. The van der Waals surface area contributed by atoms with Crippen molar-refractivity contribution in [2.24, 2.45) is 0 Å². The maximum atomic E-state index is 14.4. The van der Waals surface area contributed by atoms with Crippen LogP contribution < -0.4 is 10.6 Å². The number of halogens is 6. The summed E-state index contributed by atoms with van der Waals surface area (Å²) in [6, 6.07) is 14.8. The minimum atomic E-state index is -1.19. The first kappa shape index (κ1) is 24.2. The average Bonchev–Trinajstić information content (AvgIpc) is 3.23. The van der Waals surface area contributed by atoms with Gasteiger partial charge in [-0.05, 0) is 46.0 Å². The van der Waals surface area contributed by atoms with Crippen LogP contribution in [0.4, 0.5) is 33.7 Å². The van der Waals surface area contributed by atoms with Crippen LogP contribution in [-0.4, -0.2) is 6.03 Å². The molecule has 0 heterocycles. The van der Waals surface area contributed by atoms with E-state index in [1.807, 2.05) is 30.3 Å². The standard InChI is InChI=1S/C27H16Cl2F4N2O/c28-19-12-22(25(33)23(29)24(19)32)34-27(36)35-26-14(11-18-20(30)6-3-7-21(18)31)8-9-16-15-5-2-1-4-13(15)10-17(16)26/h1-9,12H,10-11H2,(H2,34,35,36). The van der Waals surface area contributed by atoms with Gasteiger partial charge in [0, 0.05) is 18.4 Å². The third-order valence-corrected chi connectivity index (χ3v) is 6.70. The average molecular weight is 531 g/mol. The number of hydrogen-bond acceptors (Lipinski definition) is 1. The minimum Gasteiger partial charge on any atom is -0.307 e. The van der Waals surface area contributed by atoms with E-state index in [0.717, 1.165) is 40.5 Å². The molecular formula is C27H16Cl2F4N2O. The highest BCUT2D eigenvalue weighted by molar-refractivity contribution is 6.35. The summed E-state index contributed by atoms with van der Waals surface area (Å²) in [5.74, 6) is -3.76. The van der Waals surface area contributed by atoms with E-state index < -0.39 is 45.0 Å². The Bertz CT molecular complexity index is 1520. The highest BCUT2D eigenvalue weighted by atomic mass is 35.5. The lowest BCUT2D eigenvalue weighted by atomic mass is 9.96. The molecule has 0 aliphatic heterocycles. The van der Waals surface area contributed by atoms with Crippen LogP contribution in [0.5, 0.6) is 0 Å². The van der Waals surface area contributed by atoms with Gasteiger partial charge in [-0.2, -0.15) is 0 Å². The topological polar surface area (TPSA) is 41.1 Å². The largest absolute Gasteiger partial charge is 0.323 e. The van der Waals surface area contributed by atoms with Crippen molar-refractivity contribution in [2.75, 3.05) is 10.6 Å². The van der Waals surface area contributed by atoms with Crippen LogP contribution in [0.3, 0.4) is 0 Å². The lowest BCUT2D eigenvalue weighted by Gasteiger charge is -2.18. The van der Waals surface area contributed by atoms with Crippen molar-refractivity contribution in [1.29, 1.82) is 0 Å². The third-order valence-electron chi connectivity index (χ3n) is 6.09. The van der Waals surface area contributed by atoms with Crippen LogP contribution >= 0.6 is 23.2 Å². The van der Waals surface area contributed by atoms with Crippen molar-refractivity contribution in [2.45, 2.75) is 12.8 Å². The summed E-state index contributed by atoms with van der Waals surface area (Å²) >= 11 is 11.4. The van der Waals surface area contributed by atoms with Gasteiger partial charge in [0.1, 0.15) is 16.7 Å². The van der Waals surface area contributed by atoms with Gasteiger partial charge in [-0.15, -0.1) is 0 Å². The summed E-state index contributed by atoms with van der Waals surface area (Å²) in [7, 11) is 0. The highest BCUT2D eigenvalue weighted by Crippen LogP contribution is 2.42. The van der Waals surface area contributed by atoms with Crippen molar-refractivity contribution >= 4 is 40.6 Å². The molecule has 0 fully saturated rings. The fourth-order valence-electron chi connectivity index (χ4n) is 4.39. The van der Waals surface area contributed by atoms with Crippen LogP contribution in [-0.2, 0) is 12.8 Å². The molecule has 0 spiro atoms. The van der Waals surface area contributed by atoms with E-state index in [2.05, 4.69) is 10.6 Å². The Morgan fingerprint density at radius 2 is 1.56 bits per heavy atom. The Morgan fingerprint density at radius 1 is 0.833 bits per heavy atom. The van der Waals surface area contributed by atoms with Gasteiger partial charge < -0.3 is 10.6 Å². The quantitative estimate of drug-likeness (QED) is 0.137. The molecule has 2 N–H and O–H groups in total. The number of rotatable bonds is 4. The summed E-state index contributed by atoms with van der Waals surface area (Å²) < 4.78 is 57.1. The predicted octanol–water partition coefficient (Wildman–Crippen LogP) is 8.36. The molecule has 182 valence electrons. The molecule has 0 bridgehead atoms. The molecule has 36 heavy (non-hydrogen) atoms. The first-order valence-corrected chi connectivity index (χ1v) is 11.6. The maximum absolute atomic E-state index is 14.4. The summed E-state index contributed by atoms with van der Waals surface area (Å²) in [5.41, 5.74) is 3.81. The van der Waals surface area contributed by atoms with Gasteiger partial charge >= 0.3 is 6.03 Å². The molecule has 4 aromatic carbocycles. The van der Waals surface area contributed by atoms with E-state index in [4.69, 9.17) is 23.2 Å². The second-order valence-electron chi connectivity index (χ2n) is 8.26. The zero-order valence-corrected chi connectivity index (χ0v) is 19.9. The first-order valence-electron chi connectivity index (χ1n) is 10.8. The number of carbonyl (C=O) groups excluding carboxylic acids is 1. The molecule has 0 atom stereocenters. The van der Waals surface area contributed by atoms with Gasteiger partial charge in [0.05, 0.1) is 16.4 Å². The van der Waals surface area contributed by atoms with Crippen LogP contribution in [0.25, 0.3) is 11.1 Å². The van der Waals surface area contributed by atoms with Crippen LogP contribution in [0.2, 0.25) is 10.0 Å². The monoisotopic (exact) mass is 530 g/mol. The van der Waals surface area contributed by atoms with E-state index in [-0.39, 0.29) is 12.0 Å². The van der Waals surface area contributed by atoms with Gasteiger partial charge in [-0.1, -0.05) is 65.7 Å². The number of urea groups is 1. The number of anilines is 2. The van der Waals surface area contributed by atoms with E-state index in [1.165, 1.54) is 6.07 Å². The molecule has 0 unspecified atom stereocenters. The van der Waals surface area contributed by atoms with Crippen molar-refractivity contribution in [3.05, 3.63) is 116 Å². The number of hydrogen-bond donors (Lipinski definition) is 2. The van der Waals surface area contributed by atoms with Gasteiger partial charge in [0.25, 0.3) is 0 Å². The minimum absolute atomic E-state index is 0.139. The zero-order valence-electron chi connectivity index (χ0n) is 18.4. The summed E-state index contributed by atoms with van der Waals surface area (Å²) in [4.78, 5) is 12.9. The fourth-order valence-corrected chi connectivity index (χ4v) is 4.84. The van der Waals surface area contributed by atoms with Crippen molar-refractivity contribution in [1.82, 2.24) is 0 Å². The van der Waals surface area contributed by atoms with E-state index >= 15 is 0 Å². The van der Waals surface area contributed by atoms with Gasteiger partial charge in [-0.3, -0.25) is 0 Å². The number of benzene rings is 4. The second-order valence-corrected chi connectivity index (χ2v) is 9.05. The SMILES string of the molecule is O=C(Nc1cc(Cl)c(F)c(Cl)c1F)Nc1c(Cc2c(F)cccc2F)ccc2c1Cc1ccccc1-2. The van der Waals surface area contributed by atoms with Gasteiger partial charge in [0.15, 0.2) is 11.6 Å². The lowest BCUT2D eigenvalue weighted by Crippen LogP contribution is -2.22. The molecular weight excluding hydrogens is 515 g/mol. The van der Waals surface area contributed by atoms with E-state index in [0.29, 0.717) is 17.7 Å². The zero-order chi connectivity index (χ0) is 25.6. The smallest absolute Gasteiger partial charge is 0.307 e. The molecule has 3 nitrogen and oxygen atoms in total. The normalized spacial score (nSPS) is 11.7. The number of nitrogens with one attached hydrogen (secondary N) is 2. The number of amides is 2. The van der Waals surface area contributed by atoms with Crippen LogP contribution in [0, 0.1) is 23.3 Å². The van der Waals surface area contributed by atoms with Crippen molar-refractivity contribution < 1.29 is 22.4 Å². The summed E-state index contributed by atoms with van der Waals surface area (Å²) in [6.07, 6.45) is 0.331. The predicted molar refractivity (Wildman–Crippen MR) is 133 cm³/mol.